The largest absolute Gasteiger partial charge is 0.395 e. The minimum atomic E-state index is -0.620. The summed E-state index contributed by atoms with van der Waals surface area (Å²) in [7, 11) is 0. The van der Waals surface area contributed by atoms with E-state index in [1.54, 1.807) is 4.90 Å². The number of anilines is 1. The number of nitrogens with zero attached hydrogens (tertiary/aromatic N) is 3. The molecule has 1 fully saturated rings. The number of benzene rings is 1. The first-order valence-corrected chi connectivity index (χ1v) is 6.70. The number of piperazine rings is 1. The molecule has 1 heterocycles. The molecule has 1 amide bonds. The van der Waals surface area contributed by atoms with Crippen molar-refractivity contribution in [2.75, 3.05) is 45.1 Å². The number of amides is 1. The number of aliphatic hydroxyl groups excluding tert-OH is 1. The van der Waals surface area contributed by atoms with Crippen LogP contribution in [-0.4, -0.2) is 65.1 Å². The van der Waals surface area contributed by atoms with Crippen molar-refractivity contribution < 1.29 is 14.8 Å². The molecule has 21 heavy (non-hydrogen) atoms. The fraction of sp³-hybridized carbons (Fsp3) is 0.462. The van der Waals surface area contributed by atoms with Gasteiger partial charge in [-0.3, -0.25) is 19.8 Å². The molecule has 0 spiro atoms. The number of nitrogen functional groups attached to an aromatic ring is 1. The second kappa shape index (κ2) is 6.51. The zero-order valence-corrected chi connectivity index (χ0v) is 11.6. The smallest absolute Gasteiger partial charge is 0.304 e. The number of hydrogen-bond donors (Lipinski definition) is 2. The molecule has 1 aliphatic rings. The third-order valence-electron chi connectivity index (χ3n) is 3.56. The van der Waals surface area contributed by atoms with Gasteiger partial charge in [-0.1, -0.05) is 6.07 Å². The minimum absolute atomic E-state index is 0.00948. The highest BCUT2D eigenvalue weighted by Crippen LogP contribution is 2.27. The van der Waals surface area contributed by atoms with Crippen molar-refractivity contribution in [3.05, 3.63) is 33.9 Å². The SMILES string of the molecule is Nc1cccc(C(=O)N2CCN(CCO)CC2)c1[N+](=O)[O-]. The first-order chi connectivity index (χ1) is 10.0. The molecule has 0 radical (unpaired) electrons. The Bertz CT molecular complexity index is 541. The van der Waals surface area contributed by atoms with E-state index in [9.17, 15) is 14.9 Å². The van der Waals surface area contributed by atoms with E-state index < -0.39 is 4.92 Å². The Hall–Kier alpha value is -2.19. The third-order valence-corrected chi connectivity index (χ3v) is 3.56. The lowest BCUT2D eigenvalue weighted by molar-refractivity contribution is -0.384. The monoisotopic (exact) mass is 294 g/mol. The maximum absolute atomic E-state index is 12.4. The molecule has 8 heteroatoms. The molecule has 1 aromatic carbocycles. The second-order valence-electron chi connectivity index (χ2n) is 4.86. The van der Waals surface area contributed by atoms with Crippen molar-refractivity contribution in [2.24, 2.45) is 0 Å². The number of carbonyl (C=O) groups is 1. The molecule has 0 bridgehead atoms. The number of nitro benzene ring substituents is 1. The van der Waals surface area contributed by atoms with Crippen LogP contribution >= 0.6 is 0 Å². The van der Waals surface area contributed by atoms with Crippen molar-refractivity contribution in [3.63, 3.8) is 0 Å². The van der Waals surface area contributed by atoms with Gasteiger partial charge in [-0.15, -0.1) is 0 Å². The van der Waals surface area contributed by atoms with E-state index in [1.807, 2.05) is 4.90 Å². The molecule has 8 nitrogen and oxygen atoms in total. The van der Waals surface area contributed by atoms with E-state index in [0.717, 1.165) is 0 Å². The zero-order chi connectivity index (χ0) is 15.4. The van der Waals surface area contributed by atoms with Gasteiger partial charge >= 0.3 is 5.69 Å². The highest BCUT2D eigenvalue weighted by atomic mass is 16.6. The topological polar surface area (TPSA) is 113 Å². The molecule has 1 aliphatic heterocycles. The number of rotatable bonds is 4. The Morgan fingerprint density at radius 2 is 2.00 bits per heavy atom. The van der Waals surface area contributed by atoms with Crippen LogP contribution in [0.25, 0.3) is 0 Å². The van der Waals surface area contributed by atoms with Crippen molar-refractivity contribution in [3.8, 4) is 0 Å². The number of nitro groups is 1. The van der Waals surface area contributed by atoms with Gasteiger partial charge in [0.25, 0.3) is 5.91 Å². The van der Waals surface area contributed by atoms with Crippen LogP contribution in [0.1, 0.15) is 10.4 Å². The van der Waals surface area contributed by atoms with Gasteiger partial charge in [0.15, 0.2) is 0 Å². The van der Waals surface area contributed by atoms with E-state index in [1.165, 1.54) is 18.2 Å². The number of β-amino-alcohol motifs (C(OH)–C–C–N with tert-alkyl or cyclic N) is 1. The summed E-state index contributed by atoms with van der Waals surface area (Å²) in [6, 6.07) is 4.38. The molecule has 114 valence electrons. The third kappa shape index (κ3) is 3.29. The fourth-order valence-corrected chi connectivity index (χ4v) is 2.42. The summed E-state index contributed by atoms with van der Waals surface area (Å²) >= 11 is 0. The molecule has 1 aromatic rings. The standard InChI is InChI=1S/C13H18N4O4/c14-11-3-1-2-10(12(11)17(20)21)13(19)16-6-4-15(5-7-16)8-9-18/h1-3,18H,4-9,14H2. The highest BCUT2D eigenvalue weighted by Gasteiger charge is 2.28. The fourth-order valence-electron chi connectivity index (χ4n) is 2.42. The van der Waals surface area contributed by atoms with Gasteiger partial charge < -0.3 is 15.7 Å². The van der Waals surface area contributed by atoms with Crippen LogP contribution in [-0.2, 0) is 0 Å². The number of para-hydroxylation sites is 1. The van der Waals surface area contributed by atoms with Gasteiger partial charge in [-0.05, 0) is 12.1 Å². The van der Waals surface area contributed by atoms with E-state index in [-0.39, 0.29) is 29.5 Å². The molecule has 3 N–H and O–H groups in total. The van der Waals surface area contributed by atoms with Gasteiger partial charge in [-0.25, -0.2) is 0 Å². The lowest BCUT2D eigenvalue weighted by Gasteiger charge is -2.34. The summed E-state index contributed by atoms with van der Waals surface area (Å²) < 4.78 is 0. The van der Waals surface area contributed by atoms with Crippen LogP contribution in [0.15, 0.2) is 18.2 Å². The van der Waals surface area contributed by atoms with E-state index in [0.29, 0.717) is 32.7 Å². The average molecular weight is 294 g/mol. The van der Waals surface area contributed by atoms with E-state index >= 15 is 0 Å². The Morgan fingerprint density at radius 1 is 1.33 bits per heavy atom. The molecule has 2 rings (SSSR count). The highest BCUT2D eigenvalue weighted by molar-refractivity contribution is 6.00. The van der Waals surface area contributed by atoms with Crippen LogP contribution in [0.4, 0.5) is 11.4 Å². The molecule has 0 atom stereocenters. The van der Waals surface area contributed by atoms with Crippen LogP contribution in [0.3, 0.4) is 0 Å². The number of nitrogens with two attached hydrogens (primary N) is 1. The summed E-state index contributed by atoms with van der Waals surface area (Å²) in [5.41, 5.74) is 5.28. The second-order valence-corrected chi connectivity index (χ2v) is 4.86. The predicted molar refractivity (Wildman–Crippen MR) is 76.9 cm³/mol. The van der Waals surface area contributed by atoms with Crippen molar-refractivity contribution >= 4 is 17.3 Å². The Balaban J connectivity index is 2.15. The molecule has 0 aliphatic carbocycles. The number of hydrogen-bond acceptors (Lipinski definition) is 6. The molecule has 0 unspecified atom stereocenters. The molecule has 0 aromatic heterocycles. The van der Waals surface area contributed by atoms with Crippen LogP contribution < -0.4 is 5.73 Å². The van der Waals surface area contributed by atoms with Crippen molar-refractivity contribution in [1.82, 2.24) is 9.80 Å². The van der Waals surface area contributed by atoms with Gasteiger partial charge in [0, 0.05) is 32.7 Å². The van der Waals surface area contributed by atoms with E-state index in [4.69, 9.17) is 10.8 Å². The molecule has 0 saturated carbocycles. The lowest BCUT2D eigenvalue weighted by atomic mass is 10.1. The van der Waals surface area contributed by atoms with Crippen LogP contribution in [0, 0.1) is 10.1 Å². The quantitative estimate of drug-likeness (QED) is 0.456. The molecule has 1 saturated heterocycles. The van der Waals surface area contributed by atoms with E-state index in [2.05, 4.69) is 0 Å². The van der Waals surface area contributed by atoms with Gasteiger partial charge in [0.2, 0.25) is 0 Å². The van der Waals surface area contributed by atoms with Gasteiger partial charge in [-0.2, -0.15) is 0 Å². The summed E-state index contributed by atoms with van der Waals surface area (Å²) in [5, 5.41) is 20.0. The first kappa shape index (κ1) is 15.2. The predicted octanol–water partition coefficient (Wildman–Crippen LogP) is -0.0729. The van der Waals surface area contributed by atoms with Crippen LogP contribution in [0.2, 0.25) is 0 Å². The summed E-state index contributed by atoms with van der Waals surface area (Å²) in [6.45, 7) is 2.88. The maximum Gasteiger partial charge on any atom is 0.304 e. The average Bonchev–Trinajstić information content (AvgIpc) is 2.47. The van der Waals surface area contributed by atoms with Crippen molar-refractivity contribution in [2.45, 2.75) is 0 Å². The normalized spacial score (nSPS) is 16.0. The zero-order valence-electron chi connectivity index (χ0n) is 11.6. The Morgan fingerprint density at radius 3 is 2.57 bits per heavy atom. The minimum Gasteiger partial charge on any atom is -0.395 e. The summed E-state index contributed by atoms with van der Waals surface area (Å²) in [6.07, 6.45) is 0. The Labute approximate surface area is 121 Å². The van der Waals surface area contributed by atoms with Crippen molar-refractivity contribution in [1.29, 1.82) is 0 Å². The van der Waals surface area contributed by atoms with Crippen LogP contribution in [0.5, 0.6) is 0 Å². The van der Waals surface area contributed by atoms with Gasteiger partial charge in [0.05, 0.1) is 11.5 Å². The first-order valence-electron chi connectivity index (χ1n) is 6.70. The number of aliphatic hydroxyl groups is 1. The van der Waals surface area contributed by atoms with Gasteiger partial charge in [0.1, 0.15) is 11.3 Å². The molecular weight excluding hydrogens is 276 g/mol. The lowest BCUT2D eigenvalue weighted by Crippen LogP contribution is -2.49. The number of carbonyl (C=O) groups excluding carboxylic acids is 1. The molecular formula is C13H18N4O4. The Kier molecular flexibility index (Phi) is 4.71. The summed E-state index contributed by atoms with van der Waals surface area (Å²) in [4.78, 5) is 26.5. The maximum atomic E-state index is 12.4. The summed E-state index contributed by atoms with van der Waals surface area (Å²) in [5.74, 6) is -0.377.